The summed E-state index contributed by atoms with van der Waals surface area (Å²) in [5.41, 5.74) is 0.616. The molecule has 0 unspecified atom stereocenters. The van der Waals surface area contributed by atoms with Gasteiger partial charge in [0.15, 0.2) is 11.1 Å². The molecule has 0 bridgehead atoms. The Balaban J connectivity index is 2.05. The Morgan fingerprint density at radius 1 is 1.53 bits per heavy atom. The number of non-ortho nitro benzene ring substituents is 1. The van der Waals surface area contributed by atoms with Crippen LogP contribution in [0.1, 0.15) is 13.3 Å². The summed E-state index contributed by atoms with van der Waals surface area (Å²) in [6.45, 7) is 3.92. The highest BCUT2D eigenvalue weighted by Gasteiger charge is 2.16. The zero-order valence-corrected chi connectivity index (χ0v) is 10.6. The lowest BCUT2D eigenvalue weighted by Gasteiger charge is -2.01. The van der Waals surface area contributed by atoms with Gasteiger partial charge < -0.3 is 14.5 Å². The van der Waals surface area contributed by atoms with Gasteiger partial charge in [-0.1, -0.05) is 6.07 Å². The number of oxazole rings is 1. The fraction of sp³-hybridized carbons (Fsp3) is 0.417. The van der Waals surface area contributed by atoms with Crippen LogP contribution in [-0.4, -0.2) is 29.7 Å². The number of nitrogens with one attached hydrogen (secondary N) is 1. The van der Waals surface area contributed by atoms with Gasteiger partial charge in [0.2, 0.25) is 0 Å². The molecule has 0 radical (unpaired) electrons. The van der Waals surface area contributed by atoms with Crippen molar-refractivity contribution in [3.63, 3.8) is 0 Å². The average Bonchev–Trinajstić information content (AvgIpc) is 2.80. The highest BCUT2D eigenvalue weighted by molar-refractivity contribution is 5.83. The Morgan fingerprint density at radius 2 is 2.37 bits per heavy atom. The summed E-state index contributed by atoms with van der Waals surface area (Å²) in [5, 5.41) is 13.8. The third kappa shape index (κ3) is 3.19. The molecule has 19 heavy (non-hydrogen) atoms. The first kappa shape index (κ1) is 13.3. The molecule has 7 nitrogen and oxygen atoms in total. The number of para-hydroxylation sites is 1. The topological polar surface area (TPSA) is 90.4 Å². The summed E-state index contributed by atoms with van der Waals surface area (Å²) in [7, 11) is 0. The van der Waals surface area contributed by atoms with Gasteiger partial charge in [0.1, 0.15) is 0 Å². The van der Waals surface area contributed by atoms with Crippen LogP contribution in [-0.2, 0) is 4.74 Å². The van der Waals surface area contributed by atoms with Crippen molar-refractivity contribution in [2.24, 2.45) is 0 Å². The van der Waals surface area contributed by atoms with E-state index in [1.807, 2.05) is 6.92 Å². The van der Waals surface area contributed by atoms with Crippen molar-refractivity contribution >= 4 is 22.8 Å². The zero-order valence-electron chi connectivity index (χ0n) is 10.6. The van der Waals surface area contributed by atoms with Crippen molar-refractivity contribution in [2.75, 3.05) is 25.1 Å². The van der Waals surface area contributed by atoms with E-state index in [-0.39, 0.29) is 11.2 Å². The van der Waals surface area contributed by atoms with Crippen molar-refractivity contribution < 1.29 is 14.1 Å². The van der Waals surface area contributed by atoms with E-state index in [0.717, 1.165) is 6.42 Å². The quantitative estimate of drug-likeness (QED) is 0.470. The van der Waals surface area contributed by atoms with E-state index < -0.39 is 4.92 Å². The van der Waals surface area contributed by atoms with E-state index in [4.69, 9.17) is 9.15 Å². The van der Waals surface area contributed by atoms with Gasteiger partial charge in [0.25, 0.3) is 11.7 Å². The highest BCUT2D eigenvalue weighted by Crippen LogP contribution is 2.27. The van der Waals surface area contributed by atoms with Crippen LogP contribution in [0.5, 0.6) is 0 Å². The van der Waals surface area contributed by atoms with Crippen molar-refractivity contribution in [3.8, 4) is 0 Å². The molecule has 0 saturated heterocycles. The Kier molecular flexibility index (Phi) is 4.30. The standard InChI is InChI=1S/C12H15N3O4/c1-2-18-8-4-7-13-12-14-11-9(15(16)17)5-3-6-10(11)19-12/h3,5-6H,2,4,7-8H2,1H3,(H,13,14). The second kappa shape index (κ2) is 6.14. The van der Waals surface area contributed by atoms with E-state index in [2.05, 4.69) is 10.3 Å². The monoisotopic (exact) mass is 265 g/mol. The van der Waals surface area contributed by atoms with Crippen LogP contribution in [0.25, 0.3) is 11.1 Å². The molecular formula is C12H15N3O4. The van der Waals surface area contributed by atoms with Crippen LogP contribution < -0.4 is 5.32 Å². The third-order valence-electron chi connectivity index (χ3n) is 2.54. The van der Waals surface area contributed by atoms with Crippen LogP contribution >= 0.6 is 0 Å². The van der Waals surface area contributed by atoms with Gasteiger partial charge in [-0.05, 0) is 19.4 Å². The molecule has 0 amide bonds. The molecule has 2 rings (SSSR count). The molecule has 0 aliphatic rings. The van der Waals surface area contributed by atoms with E-state index in [1.54, 1.807) is 12.1 Å². The molecule has 1 aromatic carbocycles. The Labute approximate surface area is 109 Å². The second-order valence-corrected chi connectivity index (χ2v) is 3.88. The van der Waals surface area contributed by atoms with Crippen LogP contribution in [0, 0.1) is 10.1 Å². The smallest absolute Gasteiger partial charge is 0.298 e. The summed E-state index contributed by atoms with van der Waals surface area (Å²) in [6.07, 6.45) is 0.814. The van der Waals surface area contributed by atoms with Gasteiger partial charge in [0, 0.05) is 25.8 Å². The predicted octanol–water partition coefficient (Wildman–Crippen LogP) is 2.57. The Morgan fingerprint density at radius 3 is 3.11 bits per heavy atom. The molecule has 1 heterocycles. The first-order valence-electron chi connectivity index (χ1n) is 6.08. The van der Waals surface area contributed by atoms with E-state index in [9.17, 15) is 10.1 Å². The Bertz CT molecular complexity index is 567. The molecule has 0 spiro atoms. The van der Waals surface area contributed by atoms with Crippen molar-refractivity contribution in [1.82, 2.24) is 4.98 Å². The van der Waals surface area contributed by atoms with Gasteiger partial charge in [0.05, 0.1) is 4.92 Å². The van der Waals surface area contributed by atoms with Crippen LogP contribution in [0.4, 0.5) is 11.7 Å². The summed E-state index contributed by atoms with van der Waals surface area (Å²) < 4.78 is 10.6. The predicted molar refractivity (Wildman–Crippen MR) is 70.3 cm³/mol. The summed E-state index contributed by atoms with van der Waals surface area (Å²) in [4.78, 5) is 14.5. The molecule has 1 aromatic heterocycles. The number of hydrogen-bond donors (Lipinski definition) is 1. The minimum Gasteiger partial charge on any atom is -0.423 e. The number of nitro benzene ring substituents is 1. The van der Waals surface area contributed by atoms with Gasteiger partial charge in [-0.15, -0.1) is 0 Å². The largest absolute Gasteiger partial charge is 0.423 e. The number of benzene rings is 1. The average molecular weight is 265 g/mol. The fourth-order valence-electron chi connectivity index (χ4n) is 1.67. The van der Waals surface area contributed by atoms with E-state index in [0.29, 0.717) is 31.4 Å². The minimum absolute atomic E-state index is 0.0522. The maximum Gasteiger partial charge on any atom is 0.298 e. The molecule has 102 valence electrons. The van der Waals surface area contributed by atoms with Crippen molar-refractivity contribution in [1.29, 1.82) is 0 Å². The normalized spacial score (nSPS) is 10.8. The maximum absolute atomic E-state index is 10.8. The minimum atomic E-state index is -0.469. The van der Waals surface area contributed by atoms with Gasteiger partial charge in [-0.3, -0.25) is 10.1 Å². The summed E-state index contributed by atoms with van der Waals surface area (Å²) >= 11 is 0. The highest BCUT2D eigenvalue weighted by atomic mass is 16.6. The number of nitrogens with zero attached hydrogens (tertiary/aromatic N) is 2. The summed E-state index contributed by atoms with van der Waals surface area (Å²) in [6, 6.07) is 4.93. The zero-order chi connectivity index (χ0) is 13.7. The number of ether oxygens (including phenoxy) is 1. The van der Waals surface area contributed by atoms with Crippen LogP contribution in [0.3, 0.4) is 0 Å². The number of fused-ring (bicyclic) bond motifs is 1. The maximum atomic E-state index is 10.8. The number of nitro groups is 1. The molecule has 0 aliphatic carbocycles. The van der Waals surface area contributed by atoms with Crippen LogP contribution in [0.15, 0.2) is 22.6 Å². The fourth-order valence-corrected chi connectivity index (χ4v) is 1.67. The lowest BCUT2D eigenvalue weighted by atomic mass is 10.3. The molecule has 0 atom stereocenters. The van der Waals surface area contributed by atoms with Crippen LogP contribution in [0.2, 0.25) is 0 Å². The Hall–Kier alpha value is -2.15. The van der Waals surface area contributed by atoms with E-state index in [1.165, 1.54) is 6.07 Å². The second-order valence-electron chi connectivity index (χ2n) is 3.88. The molecule has 1 N–H and O–H groups in total. The molecular weight excluding hydrogens is 250 g/mol. The molecule has 0 saturated carbocycles. The number of anilines is 1. The first-order valence-corrected chi connectivity index (χ1v) is 6.08. The number of rotatable bonds is 7. The van der Waals surface area contributed by atoms with Crippen molar-refractivity contribution in [2.45, 2.75) is 13.3 Å². The number of aromatic nitrogens is 1. The molecule has 7 heteroatoms. The molecule has 0 aliphatic heterocycles. The van der Waals surface area contributed by atoms with Gasteiger partial charge in [-0.2, -0.15) is 4.98 Å². The van der Waals surface area contributed by atoms with Gasteiger partial charge >= 0.3 is 0 Å². The third-order valence-corrected chi connectivity index (χ3v) is 2.54. The lowest BCUT2D eigenvalue weighted by molar-refractivity contribution is -0.383. The van der Waals surface area contributed by atoms with Crippen molar-refractivity contribution in [3.05, 3.63) is 28.3 Å². The molecule has 2 aromatic rings. The molecule has 0 fully saturated rings. The van der Waals surface area contributed by atoms with E-state index >= 15 is 0 Å². The first-order chi connectivity index (χ1) is 9.22. The lowest BCUT2D eigenvalue weighted by Crippen LogP contribution is -2.05. The summed E-state index contributed by atoms with van der Waals surface area (Å²) in [5.74, 6) is 0. The number of hydrogen-bond acceptors (Lipinski definition) is 6. The van der Waals surface area contributed by atoms with Gasteiger partial charge in [-0.25, -0.2) is 0 Å². The SMILES string of the molecule is CCOCCCNc1nc2c([N+](=O)[O-])cccc2o1.